The van der Waals surface area contributed by atoms with Crippen LogP contribution in [0.2, 0.25) is 0 Å². The van der Waals surface area contributed by atoms with Crippen molar-refractivity contribution >= 4 is 0 Å². The van der Waals surface area contributed by atoms with E-state index in [1.807, 2.05) is 0 Å². The van der Waals surface area contributed by atoms with Crippen molar-refractivity contribution in [1.29, 1.82) is 0 Å². The summed E-state index contributed by atoms with van der Waals surface area (Å²) in [5.74, 6) is 1.52. The van der Waals surface area contributed by atoms with E-state index in [1.54, 1.807) is 0 Å². The Bertz CT molecular complexity index is 315. The van der Waals surface area contributed by atoms with Crippen molar-refractivity contribution in [1.82, 2.24) is 4.57 Å². The highest BCUT2D eigenvalue weighted by Crippen LogP contribution is 2.08. The zero-order valence-corrected chi connectivity index (χ0v) is 12.6. The minimum Gasteiger partial charge on any atom is -0.235 e. The topological polar surface area (TPSA) is 8.81 Å². The molecule has 0 radical (unpaired) electrons. The predicted molar refractivity (Wildman–Crippen MR) is 77.7 cm³/mol. The zero-order chi connectivity index (χ0) is 13.2. The average molecular weight is 251 g/mol. The van der Waals surface area contributed by atoms with Crippen LogP contribution in [0, 0.1) is 0 Å². The molecule has 0 fully saturated rings. The fourth-order valence-corrected chi connectivity index (χ4v) is 2.58. The fourth-order valence-electron chi connectivity index (χ4n) is 2.58. The first-order chi connectivity index (χ1) is 8.83. The molecule has 104 valence electrons. The summed E-state index contributed by atoms with van der Waals surface area (Å²) in [5.41, 5.74) is 0. The lowest BCUT2D eigenvalue weighted by Crippen LogP contribution is -2.37. The second-order valence-electron chi connectivity index (χ2n) is 5.21. The van der Waals surface area contributed by atoms with Crippen molar-refractivity contribution in [2.45, 2.75) is 85.2 Å². The van der Waals surface area contributed by atoms with E-state index in [0.717, 1.165) is 13.1 Å². The van der Waals surface area contributed by atoms with Crippen molar-refractivity contribution < 1.29 is 4.57 Å². The third-order valence-electron chi connectivity index (χ3n) is 3.65. The average Bonchev–Trinajstić information content (AvgIpc) is 2.76. The largest absolute Gasteiger partial charge is 0.256 e. The molecule has 0 spiro atoms. The second kappa shape index (κ2) is 9.18. The molecule has 0 aliphatic heterocycles. The van der Waals surface area contributed by atoms with Crippen LogP contribution >= 0.6 is 0 Å². The SMILES string of the molecule is CCCCCCCCc1n(CC)cc[n+]1CCC. The molecule has 1 heterocycles. The summed E-state index contributed by atoms with van der Waals surface area (Å²) in [7, 11) is 0. The van der Waals surface area contributed by atoms with Gasteiger partial charge in [0.05, 0.1) is 13.1 Å². The number of nitrogens with zero attached hydrogens (tertiary/aromatic N) is 2. The lowest BCUT2D eigenvalue weighted by Gasteiger charge is -2.03. The highest BCUT2D eigenvalue weighted by molar-refractivity contribution is 4.83. The van der Waals surface area contributed by atoms with Gasteiger partial charge in [0.15, 0.2) is 0 Å². The van der Waals surface area contributed by atoms with Crippen molar-refractivity contribution in [2.24, 2.45) is 0 Å². The van der Waals surface area contributed by atoms with Gasteiger partial charge in [0.2, 0.25) is 0 Å². The third-order valence-corrected chi connectivity index (χ3v) is 3.65. The van der Waals surface area contributed by atoms with Gasteiger partial charge in [0.1, 0.15) is 12.4 Å². The van der Waals surface area contributed by atoms with Gasteiger partial charge in [0.25, 0.3) is 5.82 Å². The molecule has 0 aliphatic rings. The summed E-state index contributed by atoms with van der Waals surface area (Å²) in [6, 6.07) is 0. The molecule has 0 N–H and O–H groups in total. The molecule has 1 rings (SSSR count). The van der Waals surface area contributed by atoms with Crippen LogP contribution in [0.15, 0.2) is 12.4 Å². The maximum Gasteiger partial charge on any atom is 0.256 e. The van der Waals surface area contributed by atoms with Crippen molar-refractivity contribution in [3.63, 3.8) is 0 Å². The van der Waals surface area contributed by atoms with Crippen molar-refractivity contribution in [2.75, 3.05) is 0 Å². The molecule has 18 heavy (non-hydrogen) atoms. The van der Waals surface area contributed by atoms with Crippen LogP contribution in [0.5, 0.6) is 0 Å². The Kier molecular flexibility index (Phi) is 7.79. The molecule has 0 bridgehead atoms. The second-order valence-corrected chi connectivity index (χ2v) is 5.21. The van der Waals surface area contributed by atoms with E-state index in [2.05, 4.69) is 42.3 Å². The minimum absolute atomic E-state index is 1.10. The number of hydrogen-bond acceptors (Lipinski definition) is 0. The fraction of sp³-hybridized carbons (Fsp3) is 0.812. The van der Waals surface area contributed by atoms with Gasteiger partial charge in [-0.1, -0.05) is 46.0 Å². The van der Waals surface area contributed by atoms with Crippen molar-refractivity contribution in [3.05, 3.63) is 18.2 Å². The van der Waals surface area contributed by atoms with Crippen LogP contribution in [0.4, 0.5) is 0 Å². The molecule has 0 atom stereocenters. The molecule has 1 aromatic heterocycles. The number of aromatic nitrogens is 2. The standard InChI is InChI=1S/C16H31N2/c1-4-7-8-9-10-11-12-16-17(6-3)14-15-18(16)13-5-2/h14-15H,4-13H2,1-3H3/q+1. The van der Waals surface area contributed by atoms with Crippen LogP contribution in [0.1, 0.15) is 71.5 Å². The van der Waals surface area contributed by atoms with Gasteiger partial charge >= 0.3 is 0 Å². The van der Waals surface area contributed by atoms with E-state index < -0.39 is 0 Å². The smallest absolute Gasteiger partial charge is 0.235 e. The first-order valence-electron chi connectivity index (χ1n) is 7.90. The van der Waals surface area contributed by atoms with Gasteiger partial charge in [-0.05, 0) is 19.8 Å². The lowest BCUT2D eigenvalue weighted by molar-refractivity contribution is -0.703. The molecule has 0 unspecified atom stereocenters. The highest BCUT2D eigenvalue weighted by Gasteiger charge is 2.14. The molecule has 0 aromatic carbocycles. The molecular weight excluding hydrogens is 220 g/mol. The van der Waals surface area contributed by atoms with Gasteiger partial charge in [-0.3, -0.25) is 0 Å². The van der Waals surface area contributed by atoms with Crippen LogP contribution in [0.25, 0.3) is 0 Å². The lowest BCUT2D eigenvalue weighted by atomic mass is 10.1. The molecule has 0 amide bonds. The Hall–Kier alpha value is -0.790. The summed E-state index contributed by atoms with van der Waals surface area (Å²) in [6.07, 6.45) is 15.3. The molecule has 0 saturated heterocycles. The zero-order valence-electron chi connectivity index (χ0n) is 12.6. The van der Waals surface area contributed by atoms with Gasteiger partial charge in [-0.15, -0.1) is 0 Å². The number of aryl methyl sites for hydroxylation is 2. The molecule has 1 aromatic rings. The predicted octanol–water partition coefficient (Wildman–Crippen LogP) is 4.11. The summed E-state index contributed by atoms with van der Waals surface area (Å²) in [6.45, 7) is 9.04. The normalized spacial score (nSPS) is 11.1. The Morgan fingerprint density at radius 2 is 1.67 bits per heavy atom. The molecule has 2 nitrogen and oxygen atoms in total. The maximum absolute atomic E-state index is 2.44. The molecule has 2 heteroatoms. The van der Waals surface area contributed by atoms with E-state index in [1.165, 1.54) is 57.2 Å². The molecular formula is C16H31N2+. The molecule has 0 saturated carbocycles. The number of rotatable bonds is 10. The summed E-state index contributed by atoms with van der Waals surface area (Å²) in [4.78, 5) is 0. The number of imidazole rings is 1. The first kappa shape index (κ1) is 15.3. The van der Waals surface area contributed by atoms with E-state index in [9.17, 15) is 0 Å². The van der Waals surface area contributed by atoms with Crippen molar-refractivity contribution in [3.8, 4) is 0 Å². The van der Waals surface area contributed by atoms with E-state index in [4.69, 9.17) is 0 Å². The Morgan fingerprint density at radius 3 is 2.33 bits per heavy atom. The van der Waals surface area contributed by atoms with Crippen LogP contribution in [0.3, 0.4) is 0 Å². The van der Waals surface area contributed by atoms with Gasteiger partial charge in [-0.25, -0.2) is 9.13 Å². The Balaban J connectivity index is 2.37. The van der Waals surface area contributed by atoms with E-state index in [0.29, 0.717) is 0 Å². The maximum atomic E-state index is 2.44. The van der Waals surface area contributed by atoms with Crippen LogP contribution in [-0.4, -0.2) is 4.57 Å². The number of hydrogen-bond donors (Lipinski definition) is 0. The van der Waals surface area contributed by atoms with Crippen LogP contribution < -0.4 is 4.57 Å². The van der Waals surface area contributed by atoms with Crippen LogP contribution in [-0.2, 0) is 19.5 Å². The monoisotopic (exact) mass is 251 g/mol. The minimum atomic E-state index is 1.10. The summed E-state index contributed by atoms with van der Waals surface area (Å²) >= 11 is 0. The third kappa shape index (κ3) is 4.83. The summed E-state index contributed by atoms with van der Waals surface area (Å²) < 4.78 is 4.84. The molecule has 0 aliphatic carbocycles. The van der Waals surface area contributed by atoms with E-state index >= 15 is 0 Å². The van der Waals surface area contributed by atoms with Gasteiger partial charge in [0, 0.05) is 6.42 Å². The summed E-state index contributed by atoms with van der Waals surface area (Å²) in [5, 5.41) is 0. The highest BCUT2D eigenvalue weighted by atomic mass is 15.1. The Morgan fingerprint density at radius 1 is 0.944 bits per heavy atom. The first-order valence-corrected chi connectivity index (χ1v) is 7.90. The Labute approximate surface area is 113 Å². The van der Waals surface area contributed by atoms with Gasteiger partial charge < -0.3 is 0 Å². The van der Waals surface area contributed by atoms with Gasteiger partial charge in [-0.2, -0.15) is 0 Å². The number of unbranched alkanes of at least 4 members (excludes halogenated alkanes) is 5. The quantitative estimate of drug-likeness (QED) is 0.437. The van der Waals surface area contributed by atoms with E-state index in [-0.39, 0.29) is 0 Å².